The fourth-order valence-electron chi connectivity index (χ4n) is 4.88. The monoisotopic (exact) mass is 504 g/mol. The third-order valence-corrected chi connectivity index (χ3v) is 6.86. The minimum Gasteiger partial charge on any atom is -0.363 e. The third-order valence-electron chi connectivity index (χ3n) is 6.86. The van der Waals surface area contributed by atoms with Crippen molar-refractivity contribution in [1.29, 1.82) is 0 Å². The van der Waals surface area contributed by atoms with E-state index in [4.69, 9.17) is 0 Å². The lowest BCUT2D eigenvalue weighted by Gasteiger charge is -2.31. The van der Waals surface area contributed by atoms with Gasteiger partial charge in [0.05, 0.1) is 23.8 Å². The van der Waals surface area contributed by atoms with E-state index < -0.39 is 11.7 Å². The van der Waals surface area contributed by atoms with Crippen LogP contribution in [0.2, 0.25) is 0 Å². The summed E-state index contributed by atoms with van der Waals surface area (Å²) in [6.07, 6.45) is -2.00. The molecule has 1 aliphatic heterocycles. The smallest absolute Gasteiger partial charge is 0.363 e. The second-order valence-electron chi connectivity index (χ2n) is 9.34. The molecule has 8 heteroatoms. The number of rotatable bonds is 6. The Morgan fingerprint density at radius 1 is 1.00 bits per heavy atom. The summed E-state index contributed by atoms with van der Waals surface area (Å²) >= 11 is 0. The van der Waals surface area contributed by atoms with Crippen molar-refractivity contribution in [3.63, 3.8) is 0 Å². The molecule has 2 N–H and O–H groups in total. The first-order chi connectivity index (χ1) is 17.8. The molecule has 0 saturated heterocycles. The van der Waals surface area contributed by atoms with Crippen LogP contribution in [0.1, 0.15) is 64.0 Å². The van der Waals surface area contributed by atoms with Crippen molar-refractivity contribution in [1.82, 2.24) is 15.1 Å². The average Bonchev–Trinajstić information content (AvgIpc) is 3.34. The highest BCUT2D eigenvalue weighted by Crippen LogP contribution is 2.36. The first kappa shape index (κ1) is 24.6. The number of hydrogen-bond donors (Lipinski definition) is 2. The molecule has 0 aliphatic carbocycles. The largest absolute Gasteiger partial charge is 0.416 e. The van der Waals surface area contributed by atoms with Gasteiger partial charge in [-0.05, 0) is 42.2 Å². The van der Waals surface area contributed by atoms with Crippen molar-refractivity contribution in [2.75, 3.05) is 11.9 Å². The van der Waals surface area contributed by atoms with E-state index in [1.165, 1.54) is 12.1 Å². The van der Waals surface area contributed by atoms with E-state index in [-0.39, 0.29) is 30.5 Å². The molecule has 4 aromatic rings. The van der Waals surface area contributed by atoms with Crippen molar-refractivity contribution >= 4 is 11.7 Å². The number of fused-ring (bicyclic) bond motifs is 1. The van der Waals surface area contributed by atoms with Gasteiger partial charge >= 0.3 is 6.18 Å². The predicted octanol–water partition coefficient (Wildman–Crippen LogP) is 6.58. The molecular weight excluding hydrogens is 477 g/mol. The van der Waals surface area contributed by atoms with Crippen LogP contribution in [-0.2, 0) is 6.18 Å². The van der Waals surface area contributed by atoms with Gasteiger partial charge in [-0.1, -0.05) is 72.8 Å². The zero-order valence-electron chi connectivity index (χ0n) is 20.2. The zero-order valence-corrected chi connectivity index (χ0v) is 20.2. The van der Waals surface area contributed by atoms with E-state index in [9.17, 15) is 18.0 Å². The molecule has 0 fully saturated rings. The number of anilines is 1. The third kappa shape index (κ3) is 5.23. The van der Waals surface area contributed by atoms with Gasteiger partial charge in [-0.2, -0.15) is 18.3 Å². The maximum Gasteiger partial charge on any atom is 0.416 e. The summed E-state index contributed by atoms with van der Waals surface area (Å²) in [5.41, 5.74) is 2.46. The average molecular weight is 505 g/mol. The summed E-state index contributed by atoms with van der Waals surface area (Å²) < 4.78 is 41.1. The topological polar surface area (TPSA) is 59.0 Å². The number of alkyl halides is 3. The molecule has 5 rings (SSSR count). The lowest BCUT2D eigenvalue weighted by atomic mass is 9.90. The fourth-order valence-corrected chi connectivity index (χ4v) is 4.88. The number of carbonyl (C=O) groups excluding carboxylic acids is 1. The maximum absolute atomic E-state index is 13.3. The second kappa shape index (κ2) is 10.1. The molecule has 1 aliphatic rings. The van der Waals surface area contributed by atoms with Gasteiger partial charge in [-0.15, -0.1) is 0 Å². The summed E-state index contributed by atoms with van der Waals surface area (Å²) in [6, 6.07) is 24.8. The minimum absolute atomic E-state index is 0.0520. The van der Waals surface area contributed by atoms with Crippen LogP contribution in [0.5, 0.6) is 0 Å². The highest BCUT2D eigenvalue weighted by atomic mass is 19.4. The summed E-state index contributed by atoms with van der Waals surface area (Å²) in [6.45, 7) is 2.29. The quantitative estimate of drug-likeness (QED) is 0.312. The van der Waals surface area contributed by atoms with Gasteiger partial charge in [-0.25, -0.2) is 4.68 Å². The van der Waals surface area contributed by atoms with Gasteiger partial charge in [0.2, 0.25) is 0 Å². The Hall–Kier alpha value is -4.07. The lowest BCUT2D eigenvalue weighted by molar-refractivity contribution is -0.137. The molecule has 0 saturated carbocycles. The standard InChI is InChI=1S/C29H27F3N4O/c1-19-16-26(22-10-6-3-7-11-22)35-27-25(18-34-36(19)27)28(37)33-17-24(20-8-4-2-5-9-20)21-12-14-23(15-13-21)29(30,31)32/h2-15,18-19,24,26,35H,16-17H2,1H3,(H,33,37). The van der Waals surface area contributed by atoms with Crippen LogP contribution in [-0.4, -0.2) is 22.2 Å². The van der Waals surface area contributed by atoms with E-state index >= 15 is 0 Å². The minimum atomic E-state index is -4.40. The number of nitrogens with zero attached hydrogens (tertiary/aromatic N) is 2. The second-order valence-corrected chi connectivity index (χ2v) is 9.34. The molecular formula is C29H27F3N4O. The summed E-state index contributed by atoms with van der Waals surface area (Å²) in [4.78, 5) is 13.3. The van der Waals surface area contributed by atoms with Crippen molar-refractivity contribution in [2.24, 2.45) is 0 Å². The molecule has 2 heterocycles. The molecule has 190 valence electrons. The first-order valence-corrected chi connectivity index (χ1v) is 12.2. The van der Waals surface area contributed by atoms with Crippen molar-refractivity contribution in [2.45, 2.75) is 37.5 Å². The molecule has 3 aromatic carbocycles. The number of carbonyl (C=O) groups is 1. The summed E-state index contributed by atoms with van der Waals surface area (Å²) in [5.74, 6) is 0.0567. The van der Waals surface area contributed by atoms with Gasteiger partial charge in [-0.3, -0.25) is 4.79 Å². The van der Waals surface area contributed by atoms with E-state index in [1.807, 2.05) is 53.2 Å². The number of benzene rings is 3. The molecule has 1 aromatic heterocycles. The van der Waals surface area contributed by atoms with Gasteiger partial charge in [0.25, 0.3) is 5.91 Å². The molecule has 37 heavy (non-hydrogen) atoms. The van der Waals surface area contributed by atoms with Crippen molar-refractivity contribution in [3.8, 4) is 0 Å². The summed E-state index contributed by atoms with van der Waals surface area (Å²) in [5, 5.41) is 10.9. The van der Waals surface area contributed by atoms with E-state index in [1.54, 1.807) is 6.20 Å². The van der Waals surface area contributed by atoms with Crippen LogP contribution in [0.3, 0.4) is 0 Å². The zero-order chi connectivity index (χ0) is 26.0. The molecule has 0 bridgehead atoms. The number of nitrogens with one attached hydrogen (secondary N) is 2. The Labute approximate surface area is 213 Å². The van der Waals surface area contributed by atoms with E-state index in [0.717, 1.165) is 29.7 Å². The van der Waals surface area contributed by atoms with Crippen LogP contribution >= 0.6 is 0 Å². The van der Waals surface area contributed by atoms with Gasteiger partial charge in [0.1, 0.15) is 11.4 Å². The number of hydrogen-bond acceptors (Lipinski definition) is 3. The van der Waals surface area contributed by atoms with Crippen LogP contribution < -0.4 is 10.6 Å². The first-order valence-electron chi connectivity index (χ1n) is 12.2. The highest BCUT2D eigenvalue weighted by Gasteiger charge is 2.31. The molecule has 3 atom stereocenters. The predicted molar refractivity (Wildman–Crippen MR) is 136 cm³/mol. The Bertz CT molecular complexity index is 1350. The highest BCUT2D eigenvalue weighted by molar-refractivity contribution is 5.99. The van der Waals surface area contributed by atoms with Crippen LogP contribution in [0.25, 0.3) is 0 Å². The van der Waals surface area contributed by atoms with Crippen LogP contribution in [0.4, 0.5) is 19.0 Å². The maximum atomic E-state index is 13.3. The van der Waals surface area contributed by atoms with Crippen LogP contribution in [0, 0.1) is 0 Å². The molecule has 5 nitrogen and oxygen atoms in total. The van der Waals surface area contributed by atoms with E-state index in [0.29, 0.717) is 16.9 Å². The number of aromatic nitrogens is 2. The normalized spacial score (nSPS) is 17.9. The molecule has 3 unspecified atom stereocenters. The Morgan fingerprint density at radius 3 is 2.27 bits per heavy atom. The van der Waals surface area contributed by atoms with Crippen molar-refractivity contribution in [3.05, 3.63) is 119 Å². The van der Waals surface area contributed by atoms with E-state index in [2.05, 4.69) is 34.8 Å². The fraction of sp³-hybridized carbons (Fsp3) is 0.241. The molecule has 0 spiro atoms. The van der Waals surface area contributed by atoms with Gasteiger partial charge < -0.3 is 10.6 Å². The Kier molecular flexibility index (Phi) is 6.74. The number of halogens is 3. The van der Waals surface area contributed by atoms with Crippen LogP contribution in [0.15, 0.2) is 91.1 Å². The Morgan fingerprint density at radius 2 is 1.62 bits per heavy atom. The van der Waals surface area contributed by atoms with Gasteiger partial charge in [0, 0.05) is 12.5 Å². The molecule has 1 amide bonds. The lowest BCUT2D eigenvalue weighted by Crippen LogP contribution is -2.31. The Balaban J connectivity index is 1.37. The summed E-state index contributed by atoms with van der Waals surface area (Å²) in [7, 11) is 0. The van der Waals surface area contributed by atoms with Crippen molar-refractivity contribution < 1.29 is 18.0 Å². The number of amides is 1. The SMILES string of the molecule is CC1CC(c2ccccc2)Nc2c(C(=O)NCC(c3ccccc3)c3ccc(C(F)(F)F)cc3)cnn21. The van der Waals surface area contributed by atoms with Gasteiger partial charge in [0.15, 0.2) is 0 Å². The molecule has 0 radical (unpaired) electrons.